The molecule has 2 heterocycles. The van der Waals surface area contributed by atoms with Gasteiger partial charge in [-0.2, -0.15) is 9.97 Å². The van der Waals surface area contributed by atoms with Crippen molar-refractivity contribution in [2.45, 2.75) is 76.3 Å². The lowest BCUT2D eigenvalue weighted by Crippen LogP contribution is -2.23. The zero-order valence-electron chi connectivity index (χ0n) is 13.5. The summed E-state index contributed by atoms with van der Waals surface area (Å²) < 4.78 is 2.22. The minimum Gasteiger partial charge on any atom is -0.365 e. The van der Waals surface area contributed by atoms with Crippen LogP contribution in [0.1, 0.15) is 70.3 Å². The number of anilines is 1. The van der Waals surface area contributed by atoms with Crippen LogP contribution in [0, 0.1) is 0 Å². The molecule has 2 aliphatic rings. The second-order valence-corrected chi connectivity index (χ2v) is 7.27. The van der Waals surface area contributed by atoms with E-state index in [2.05, 4.69) is 24.8 Å². The van der Waals surface area contributed by atoms with Gasteiger partial charge < -0.3 is 9.88 Å². The first-order valence-electron chi connectivity index (χ1n) is 8.98. The van der Waals surface area contributed by atoms with Gasteiger partial charge in [0.05, 0.1) is 6.33 Å². The van der Waals surface area contributed by atoms with E-state index in [4.69, 9.17) is 11.6 Å². The van der Waals surface area contributed by atoms with Gasteiger partial charge in [-0.25, -0.2) is 4.98 Å². The summed E-state index contributed by atoms with van der Waals surface area (Å²) in [6, 6.07) is 0.986. The fourth-order valence-corrected chi connectivity index (χ4v) is 4.22. The maximum atomic E-state index is 6.21. The highest BCUT2D eigenvalue weighted by Crippen LogP contribution is 2.32. The fraction of sp³-hybridized carbons (Fsp3) is 0.706. The van der Waals surface area contributed by atoms with Crippen molar-refractivity contribution in [3.63, 3.8) is 0 Å². The van der Waals surface area contributed by atoms with E-state index in [1.165, 1.54) is 64.2 Å². The van der Waals surface area contributed by atoms with Gasteiger partial charge in [0.25, 0.3) is 0 Å². The van der Waals surface area contributed by atoms with Crippen LogP contribution in [-0.2, 0) is 0 Å². The monoisotopic (exact) mass is 333 g/mol. The summed E-state index contributed by atoms with van der Waals surface area (Å²) in [5, 5.41) is 3.88. The Morgan fingerprint density at radius 1 is 0.957 bits per heavy atom. The number of rotatable bonds is 3. The molecule has 6 heteroatoms. The molecule has 124 valence electrons. The molecule has 0 aromatic carbocycles. The topological polar surface area (TPSA) is 55.6 Å². The highest BCUT2D eigenvalue weighted by molar-refractivity contribution is 6.28. The van der Waals surface area contributed by atoms with Gasteiger partial charge in [-0.1, -0.05) is 38.5 Å². The first-order valence-corrected chi connectivity index (χ1v) is 9.35. The number of aromatic nitrogens is 4. The van der Waals surface area contributed by atoms with E-state index in [-0.39, 0.29) is 0 Å². The van der Waals surface area contributed by atoms with Crippen LogP contribution in [0.25, 0.3) is 11.2 Å². The van der Waals surface area contributed by atoms with Crippen molar-refractivity contribution in [2.75, 3.05) is 5.32 Å². The summed E-state index contributed by atoms with van der Waals surface area (Å²) in [7, 11) is 0. The highest BCUT2D eigenvalue weighted by atomic mass is 35.5. The molecule has 2 fully saturated rings. The van der Waals surface area contributed by atoms with Crippen LogP contribution in [-0.4, -0.2) is 25.6 Å². The summed E-state index contributed by atoms with van der Waals surface area (Å²) in [5.41, 5.74) is 1.75. The minimum atomic E-state index is 0.313. The van der Waals surface area contributed by atoms with Crippen molar-refractivity contribution >= 4 is 28.6 Å². The molecule has 0 amide bonds. The normalized spacial score (nSPS) is 20.9. The van der Waals surface area contributed by atoms with E-state index in [0.29, 0.717) is 17.4 Å². The Morgan fingerprint density at radius 2 is 1.65 bits per heavy atom. The second-order valence-electron chi connectivity index (χ2n) is 6.94. The molecule has 0 aliphatic heterocycles. The van der Waals surface area contributed by atoms with Crippen LogP contribution in [0.3, 0.4) is 0 Å². The summed E-state index contributed by atoms with van der Waals surface area (Å²) >= 11 is 6.21. The van der Waals surface area contributed by atoms with Crippen molar-refractivity contribution in [1.82, 2.24) is 19.5 Å². The zero-order valence-corrected chi connectivity index (χ0v) is 14.2. The lowest BCUT2D eigenvalue weighted by Gasteiger charge is -2.24. The number of nitrogens with zero attached hydrogens (tertiary/aromatic N) is 4. The maximum Gasteiger partial charge on any atom is 0.226 e. The quantitative estimate of drug-likeness (QED) is 0.825. The SMILES string of the molecule is Clc1nc(NC2CCCCC2)c2ncn(C3CCCCC3)c2n1. The summed E-state index contributed by atoms with van der Waals surface area (Å²) in [6.45, 7) is 0. The minimum absolute atomic E-state index is 0.313. The Kier molecular flexibility index (Phi) is 4.38. The average molecular weight is 334 g/mol. The molecule has 2 aliphatic carbocycles. The zero-order chi connectivity index (χ0) is 15.6. The van der Waals surface area contributed by atoms with Crippen LogP contribution in [0.2, 0.25) is 5.28 Å². The molecule has 2 saturated carbocycles. The lowest BCUT2D eigenvalue weighted by atomic mass is 9.95. The first-order chi connectivity index (χ1) is 11.3. The molecular formula is C17H24ClN5. The van der Waals surface area contributed by atoms with Crippen molar-refractivity contribution < 1.29 is 0 Å². The third kappa shape index (κ3) is 3.16. The predicted molar refractivity (Wildman–Crippen MR) is 93.0 cm³/mol. The van der Waals surface area contributed by atoms with E-state index >= 15 is 0 Å². The molecule has 5 nitrogen and oxygen atoms in total. The molecule has 2 aromatic heterocycles. The summed E-state index contributed by atoms with van der Waals surface area (Å²) in [5.74, 6) is 0.807. The molecule has 4 rings (SSSR count). The summed E-state index contributed by atoms with van der Waals surface area (Å²) in [4.78, 5) is 13.5. The molecule has 2 aromatic rings. The number of halogens is 1. The van der Waals surface area contributed by atoms with Gasteiger partial charge in [-0.15, -0.1) is 0 Å². The van der Waals surface area contributed by atoms with Gasteiger partial charge >= 0.3 is 0 Å². The van der Waals surface area contributed by atoms with E-state index in [9.17, 15) is 0 Å². The van der Waals surface area contributed by atoms with Gasteiger partial charge in [0.1, 0.15) is 0 Å². The molecule has 0 saturated heterocycles. The molecule has 0 unspecified atom stereocenters. The number of fused-ring (bicyclic) bond motifs is 1. The maximum absolute atomic E-state index is 6.21. The standard InChI is InChI=1S/C17H24ClN5/c18-17-21-15(20-12-7-3-1-4-8-12)14-16(22-17)23(11-19-14)13-9-5-2-6-10-13/h11-13H,1-10H2,(H,20,21,22). The van der Waals surface area contributed by atoms with Gasteiger partial charge in [0, 0.05) is 12.1 Å². The van der Waals surface area contributed by atoms with Crippen molar-refractivity contribution in [1.29, 1.82) is 0 Å². The number of hydrogen-bond donors (Lipinski definition) is 1. The molecule has 1 N–H and O–H groups in total. The number of nitrogens with one attached hydrogen (secondary N) is 1. The van der Waals surface area contributed by atoms with E-state index < -0.39 is 0 Å². The molecular weight excluding hydrogens is 310 g/mol. The Bertz CT molecular complexity index is 671. The van der Waals surface area contributed by atoms with Gasteiger partial charge in [-0.05, 0) is 37.3 Å². The van der Waals surface area contributed by atoms with Crippen molar-refractivity contribution in [2.24, 2.45) is 0 Å². The highest BCUT2D eigenvalue weighted by Gasteiger charge is 2.22. The van der Waals surface area contributed by atoms with Crippen LogP contribution >= 0.6 is 11.6 Å². The predicted octanol–water partition coefficient (Wildman–Crippen LogP) is 4.73. The molecule has 23 heavy (non-hydrogen) atoms. The fourth-order valence-electron chi connectivity index (χ4n) is 4.06. The van der Waals surface area contributed by atoms with E-state index in [0.717, 1.165) is 17.0 Å². The van der Waals surface area contributed by atoms with Gasteiger partial charge in [-0.3, -0.25) is 0 Å². The Hall–Kier alpha value is -1.36. The molecule has 0 atom stereocenters. The Labute approximate surface area is 141 Å². The number of hydrogen-bond acceptors (Lipinski definition) is 4. The number of imidazole rings is 1. The second kappa shape index (κ2) is 6.63. The smallest absolute Gasteiger partial charge is 0.226 e. The average Bonchev–Trinajstić information content (AvgIpc) is 3.00. The lowest BCUT2D eigenvalue weighted by molar-refractivity contribution is 0.358. The van der Waals surface area contributed by atoms with E-state index in [1.54, 1.807) is 0 Å². The largest absolute Gasteiger partial charge is 0.365 e. The van der Waals surface area contributed by atoms with Crippen LogP contribution < -0.4 is 5.32 Å². The Balaban J connectivity index is 1.66. The van der Waals surface area contributed by atoms with Crippen molar-refractivity contribution in [3.8, 4) is 0 Å². The van der Waals surface area contributed by atoms with E-state index in [1.807, 2.05) is 6.33 Å². The summed E-state index contributed by atoms with van der Waals surface area (Å²) in [6.07, 6.45) is 14.6. The van der Waals surface area contributed by atoms with Crippen molar-refractivity contribution in [3.05, 3.63) is 11.6 Å². The van der Waals surface area contributed by atoms with Crippen LogP contribution in [0.15, 0.2) is 6.33 Å². The third-order valence-corrected chi connectivity index (χ3v) is 5.48. The van der Waals surface area contributed by atoms with Crippen LogP contribution in [0.4, 0.5) is 5.82 Å². The molecule has 0 spiro atoms. The molecule has 0 bridgehead atoms. The van der Waals surface area contributed by atoms with Gasteiger partial charge in [0.15, 0.2) is 17.0 Å². The molecule has 0 radical (unpaired) electrons. The van der Waals surface area contributed by atoms with Crippen LogP contribution in [0.5, 0.6) is 0 Å². The third-order valence-electron chi connectivity index (χ3n) is 5.31. The Morgan fingerprint density at radius 3 is 2.39 bits per heavy atom. The van der Waals surface area contributed by atoms with Gasteiger partial charge in [0.2, 0.25) is 5.28 Å². The first kappa shape index (κ1) is 15.2.